The second kappa shape index (κ2) is 13.1. The van der Waals surface area contributed by atoms with Gasteiger partial charge in [0, 0.05) is 29.1 Å². The summed E-state index contributed by atoms with van der Waals surface area (Å²) in [6.07, 6.45) is 1.25. The van der Waals surface area contributed by atoms with Crippen molar-refractivity contribution in [3.05, 3.63) is 100 Å². The largest absolute Gasteiger partial charge is 0.352 e. The maximum Gasteiger partial charge on any atom is 0.244 e. The van der Waals surface area contributed by atoms with Crippen molar-refractivity contribution < 1.29 is 18.0 Å². The Bertz CT molecular complexity index is 1370. The summed E-state index contributed by atoms with van der Waals surface area (Å²) in [7, 11) is -3.87. The van der Waals surface area contributed by atoms with Crippen LogP contribution in [-0.4, -0.2) is 50.0 Å². The lowest BCUT2D eigenvalue weighted by molar-refractivity contribution is -0.140. The number of hydrogen-bond donors (Lipinski definition) is 1. The summed E-state index contributed by atoms with van der Waals surface area (Å²) < 4.78 is 26.5. The predicted octanol–water partition coefficient (Wildman–Crippen LogP) is 4.92. The molecule has 0 aliphatic carbocycles. The van der Waals surface area contributed by atoms with E-state index in [4.69, 9.17) is 23.2 Å². The van der Waals surface area contributed by atoms with Gasteiger partial charge in [-0.15, -0.1) is 0 Å². The van der Waals surface area contributed by atoms with Gasteiger partial charge in [-0.3, -0.25) is 13.9 Å². The molecule has 1 N–H and O–H groups in total. The molecule has 0 unspecified atom stereocenters. The molecule has 0 fully saturated rings. The monoisotopic (exact) mass is 575 g/mol. The van der Waals surface area contributed by atoms with E-state index in [9.17, 15) is 18.0 Å². The van der Waals surface area contributed by atoms with E-state index in [1.807, 2.05) is 44.2 Å². The zero-order valence-corrected chi connectivity index (χ0v) is 23.8. The van der Waals surface area contributed by atoms with Crippen molar-refractivity contribution in [1.29, 1.82) is 0 Å². The third-order valence-corrected chi connectivity index (χ3v) is 7.52. The molecule has 3 rings (SSSR count). The molecule has 10 heteroatoms. The van der Waals surface area contributed by atoms with Gasteiger partial charge in [0.1, 0.15) is 12.6 Å². The minimum absolute atomic E-state index is 0.00860. The second-order valence-corrected chi connectivity index (χ2v) is 12.0. The van der Waals surface area contributed by atoms with Crippen molar-refractivity contribution in [2.45, 2.75) is 38.9 Å². The van der Waals surface area contributed by atoms with Crippen molar-refractivity contribution in [2.24, 2.45) is 0 Å². The number of halogens is 2. The molecule has 38 heavy (non-hydrogen) atoms. The van der Waals surface area contributed by atoms with Crippen LogP contribution in [0.25, 0.3) is 0 Å². The first-order valence-electron chi connectivity index (χ1n) is 12.1. The Labute approximate surface area is 234 Å². The molecule has 0 heterocycles. The molecular weight excluding hydrogens is 545 g/mol. The van der Waals surface area contributed by atoms with Crippen LogP contribution in [0.1, 0.15) is 25.0 Å². The van der Waals surface area contributed by atoms with Crippen molar-refractivity contribution >= 4 is 50.7 Å². The summed E-state index contributed by atoms with van der Waals surface area (Å²) in [4.78, 5) is 28.8. The third-order valence-electron chi connectivity index (χ3n) is 5.78. The van der Waals surface area contributed by atoms with Crippen LogP contribution in [0.4, 0.5) is 5.69 Å². The van der Waals surface area contributed by atoms with E-state index in [1.54, 1.807) is 42.5 Å². The quantitative estimate of drug-likeness (QED) is 0.351. The number of amides is 2. The topological polar surface area (TPSA) is 86.8 Å². The molecule has 7 nitrogen and oxygen atoms in total. The van der Waals surface area contributed by atoms with E-state index in [0.29, 0.717) is 15.6 Å². The first-order chi connectivity index (χ1) is 18.0. The maximum atomic E-state index is 14.0. The van der Waals surface area contributed by atoms with Gasteiger partial charge in [0.05, 0.1) is 11.9 Å². The number of benzene rings is 3. The standard InChI is InChI=1S/C28H31Cl2N3O4S/c1-20(2)31-28(35)26(16-21-10-5-4-6-11-21)32(18-22-12-7-8-15-25(22)30)27(34)19-33(38(3,36)37)24-14-9-13-23(29)17-24/h4-15,17,20,26H,16,18-19H2,1-3H3,(H,31,35)/t26-/m0/s1. The lowest BCUT2D eigenvalue weighted by Gasteiger charge is -2.34. The van der Waals surface area contributed by atoms with E-state index in [1.165, 1.54) is 11.0 Å². The van der Waals surface area contributed by atoms with Gasteiger partial charge in [-0.25, -0.2) is 8.42 Å². The van der Waals surface area contributed by atoms with Crippen LogP contribution in [0.2, 0.25) is 10.0 Å². The van der Waals surface area contributed by atoms with Crippen molar-refractivity contribution in [2.75, 3.05) is 17.1 Å². The van der Waals surface area contributed by atoms with Crippen LogP contribution in [0.5, 0.6) is 0 Å². The number of hydrogen-bond acceptors (Lipinski definition) is 4. The Morgan fingerprint density at radius 2 is 1.58 bits per heavy atom. The van der Waals surface area contributed by atoms with E-state index in [0.717, 1.165) is 16.1 Å². The summed E-state index contributed by atoms with van der Waals surface area (Å²) in [5.74, 6) is -0.909. The molecule has 0 saturated heterocycles. The summed E-state index contributed by atoms with van der Waals surface area (Å²) in [5, 5.41) is 3.67. The van der Waals surface area contributed by atoms with E-state index < -0.39 is 28.5 Å². The molecule has 0 radical (unpaired) electrons. The van der Waals surface area contributed by atoms with Gasteiger partial charge in [-0.05, 0) is 49.2 Å². The minimum atomic E-state index is -3.87. The first kappa shape index (κ1) is 29.5. The molecule has 0 spiro atoms. The highest BCUT2D eigenvalue weighted by Gasteiger charge is 2.33. The second-order valence-electron chi connectivity index (χ2n) is 9.23. The Kier molecular flexibility index (Phi) is 10.2. The third kappa shape index (κ3) is 8.21. The summed E-state index contributed by atoms with van der Waals surface area (Å²) in [6, 6.07) is 21.5. The smallest absolute Gasteiger partial charge is 0.244 e. The van der Waals surface area contributed by atoms with Crippen LogP contribution in [0.3, 0.4) is 0 Å². The van der Waals surface area contributed by atoms with Crippen molar-refractivity contribution in [1.82, 2.24) is 10.2 Å². The number of rotatable bonds is 11. The molecule has 3 aromatic rings. The molecular formula is C28H31Cl2N3O4S. The molecule has 0 aromatic heterocycles. The number of anilines is 1. The fourth-order valence-corrected chi connectivity index (χ4v) is 5.21. The SMILES string of the molecule is CC(C)NC(=O)[C@H](Cc1ccccc1)N(Cc1ccccc1Cl)C(=O)CN(c1cccc(Cl)c1)S(C)(=O)=O. The highest BCUT2D eigenvalue weighted by molar-refractivity contribution is 7.92. The van der Waals surface area contributed by atoms with Gasteiger partial charge >= 0.3 is 0 Å². The highest BCUT2D eigenvalue weighted by Crippen LogP contribution is 2.24. The van der Waals surface area contributed by atoms with Gasteiger partial charge in [0.25, 0.3) is 0 Å². The van der Waals surface area contributed by atoms with Gasteiger partial charge in [-0.2, -0.15) is 0 Å². The van der Waals surface area contributed by atoms with Crippen LogP contribution < -0.4 is 9.62 Å². The van der Waals surface area contributed by atoms with Crippen molar-refractivity contribution in [3.63, 3.8) is 0 Å². The van der Waals surface area contributed by atoms with Gasteiger partial charge in [0.15, 0.2) is 0 Å². The minimum Gasteiger partial charge on any atom is -0.352 e. The average molecular weight is 577 g/mol. The normalized spacial score (nSPS) is 12.2. The zero-order valence-electron chi connectivity index (χ0n) is 21.5. The molecule has 1 atom stereocenters. The molecule has 3 aromatic carbocycles. The molecule has 0 saturated carbocycles. The van der Waals surface area contributed by atoms with Gasteiger partial charge in [0.2, 0.25) is 21.8 Å². The van der Waals surface area contributed by atoms with Crippen LogP contribution in [-0.2, 0) is 32.6 Å². The Morgan fingerprint density at radius 3 is 2.18 bits per heavy atom. The maximum absolute atomic E-state index is 14.0. The van der Waals surface area contributed by atoms with E-state index in [-0.39, 0.29) is 30.6 Å². The number of carbonyl (C=O) groups is 2. The average Bonchev–Trinajstić information content (AvgIpc) is 2.85. The zero-order chi connectivity index (χ0) is 27.9. The number of nitrogens with one attached hydrogen (secondary N) is 1. The Morgan fingerprint density at radius 1 is 0.921 bits per heavy atom. The molecule has 0 aliphatic heterocycles. The van der Waals surface area contributed by atoms with E-state index >= 15 is 0 Å². The number of nitrogens with zero attached hydrogens (tertiary/aromatic N) is 2. The molecule has 0 aliphatic rings. The first-order valence-corrected chi connectivity index (χ1v) is 14.7. The summed E-state index contributed by atoms with van der Waals surface area (Å²) >= 11 is 12.5. The van der Waals surface area contributed by atoms with Gasteiger partial charge < -0.3 is 10.2 Å². The van der Waals surface area contributed by atoms with E-state index in [2.05, 4.69) is 5.32 Å². The van der Waals surface area contributed by atoms with Gasteiger partial charge in [-0.1, -0.05) is 77.8 Å². The molecule has 202 valence electrons. The lowest BCUT2D eigenvalue weighted by Crippen LogP contribution is -2.54. The van der Waals surface area contributed by atoms with Crippen LogP contribution >= 0.6 is 23.2 Å². The van der Waals surface area contributed by atoms with Crippen LogP contribution in [0.15, 0.2) is 78.9 Å². The summed E-state index contributed by atoms with van der Waals surface area (Å²) in [6.45, 7) is 3.16. The lowest BCUT2D eigenvalue weighted by atomic mass is 10.0. The Hall–Kier alpha value is -3.07. The molecule has 2 amide bonds. The number of carbonyl (C=O) groups excluding carboxylic acids is 2. The Balaban J connectivity index is 2.07. The predicted molar refractivity (Wildman–Crippen MR) is 153 cm³/mol. The number of sulfonamides is 1. The fourth-order valence-electron chi connectivity index (χ4n) is 3.99. The highest BCUT2D eigenvalue weighted by atomic mass is 35.5. The van der Waals surface area contributed by atoms with Crippen LogP contribution in [0, 0.1) is 0 Å². The fraction of sp³-hybridized carbons (Fsp3) is 0.286. The van der Waals surface area contributed by atoms with Crippen molar-refractivity contribution in [3.8, 4) is 0 Å². The molecule has 0 bridgehead atoms. The summed E-state index contributed by atoms with van der Waals surface area (Å²) in [5.41, 5.74) is 1.73.